The Balaban J connectivity index is 2.48. The minimum absolute atomic E-state index is 0.478. The van der Waals surface area contributed by atoms with Crippen molar-refractivity contribution in [2.75, 3.05) is 0 Å². The molecule has 74 valence electrons. The Morgan fingerprint density at radius 2 is 2.43 bits per heavy atom. The van der Waals surface area contributed by atoms with Gasteiger partial charge in [0.25, 0.3) is 0 Å². The lowest BCUT2D eigenvalue weighted by Gasteiger charge is -1.97. The molecule has 0 aromatic carbocycles. The van der Waals surface area contributed by atoms with Gasteiger partial charge in [-0.25, -0.2) is 4.98 Å². The molecule has 0 bridgehead atoms. The van der Waals surface area contributed by atoms with Crippen LogP contribution in [0.25, 0.3) is 10.7 Å². The van der Waals surface area contributed by atoms with Crippen molar-refractivity contribution < 1.29 is 0 Å². The lowest BCUT2D eigenvalue weighted by atomic mass is 10.4. The lowest BCUT2D eigenvalue weighted by molar-refractivity contribution is 0.774. The van der Waals surface area contributed by atoms with Crippen LogP contribution in [0.15, 0.2) is 16.0 Å². The van der Waals surface area contributed by atoms with E-state index in [2.05, 4.69) is 26.0 Å². The largest absolute Gasteiger partial charge is 0.325 e. The van der Waals surface area contributed by atoms with Gasteiger partial charge in [-0.05, 0) is 15.9 Å². The van der Waals surface area contributed by atoms with Crippen LogP contribution in [0.5, 0.6) is 0 Å². The maximum atomic E-state index is 5.50. The summed E-state index contributed by atoms with van der Waals surface area (Å²) in [4.78, 5) is 4.40. The molecule has 0 amide bonds. The molecule has 0 unspecified atom stereocenters. The van der Waals surface area contributed by atoms with E-state index in [1.165, 1.54) is 0 Å². The van der Waals surface area contributed by atoms with Crippen LogP contribution in [-0.2, 0) is 13.6 Å². The second-order valence-corrected chi connectivity index (χ2v) is 4.53. The Hall–Kier alpha value is -0.720. The van der Waals surface area contributed by atoms with Crippen LogP contribution in [0.1, 0.15) is 5.69 Å². The van der Waals surface area contributed by atoms with Gasteiger partial charge in [0.05, 0.1) is 16.4 Å². The van der Waals surface area contributed by atoms with Gasteiger partial charge in [0.2, 0.25) is 0 Å². The maximum absolute atomic E-state index is 5.50. The standard InChI is InChI=1S/C8H9BrN4S/c1-13-7(6(9)3-11-13)8-12-5(2-10)4-14-8/h3-4H,2,10H2,1H3. The van der Waals surface area contributed by atoms with Gasteiger partial charge >= 0.3 is 0 Å². The molecule has 0 spiro atoms. The number of rotatable bonds is 2. The van der Waals surface area contributed by atoms with Gasteiger partial charge in [-0.2, -0.15) is 5.10 Å². The Morgan fingerprint density at radius 1 is 1.64 bits per heavy atom. The van der Waals surface area contributed by atoms with Gasteiger partial charge in [-0.3, -0.25) is 4.68 Å². The first-order valence-corrected chi connectivity index (χ1v) is 5.72. The molecule has 0 saturated heterocycles. The topological polar surface area (TPSA) is 56.7 Å². The summed E-state index contributed by atoms with van der Waals surface area (Å²) in [6.45, 7) is 0.478. The van der Waals surface area contributed by atoms with Crippen molar-refractivity contribution in [3.05, 3.63) is 21.7 Å². The van der Waals surface area contributed by atoms with E-state index in [9.17, 15) is 0 Å². The highest BCUT2D eigenvalue weighted by Crippen LogP contribution is 2.29. The first-order chi connectivity index (χ1) is 6.72. The smallest absolute Gasteiger partial charge is 0.143 e. The van der Waals surface area contributed by atoms with Gasteiger partial charge in [0.15, 0.2) is 0 Å². The van der Waals surface area contributed by atoms with Gasteiger partial charge < -0.3 is 5.73 Å². The van der Waals surface area contributed by atoms with Gasteiger partial charge in [0.1, 0.15) is 10.7 Å². The van der Waals surface area contributed by atoms with E-state index in [1.807, 2.05) is 12.4 Å². The zero-order valence-electron chi connectivity index (χ0n) is 7.57. The van der Waals surface area contributed by atoms with E-state index < -0.39 is 0 Å². The molecule has 2 N–H and O–H groups in total. The molecule has 14 heavy (non-hydrogen) atoms. The molecule has 0 saturated carbocycles. The van der Waals surface area contributed by atoms with E-state index in [4.69, 9.17) is 5.73 Å². The second-order valence-electron chi connectivity index (χ2n) is 2.81. The van der Waals surface area contributed by atoms with E-state index >= 15 is 0 Å². The van der Waals surface area contributed by atoms with Crippen LogP contribution in [0.2, 0.25) is 0 Å². The summed E-state index contributed by atoms with van der Waals surface area (Å²) in [5, 5.41) is 7.04. The number of thiazole rings is 1. The summed E-state index contributed by atoms with van der Waals surface area (Å²) in [6, 6.07) is 0. The fourth-order valence-corrected chi connectivity index (χ4v) is 2.75. The average Bonchev–Trinajstić information content (AvgIpc) is 2.73. The third kappa shape index (κ3) is 1.60. The molecule has 4 nitrogen and oxygen atoms in total. The first kappa shape index (κ1) is 9.82. The van der Waals surface area contributed by atoms with Crippen molar-refractivity contribution in [3.63, 3.8) is 0 Å². The van der Waals surface area contributed by atoms with Gasteiger partial charge in [-0.15, -0.1) is 11.3 Å². The van der Waals surface area contributed by atoms with E-state index in [0.29, 0.717) is 6.54 Å². The zero-order valence-corrected chi connectivity index (χ0v) is 9.97. The van der Waals surface area contributed by atoms with Gasteiger partial charge in [0, 0.05) is 19.0 Å². The molecule has 6 heteroatoms. The highest BCUT2D eigenvalue weighted by atomic mass is 79.9. The fourth-order valence-electron chi connectivity index (χ4n) is 1.16. The molecule has 2 rings (SSSR count). The molecule has 2 heterocycles. The number of halogens is 1. The molecule has 0 aliphatic rings. The number of aryl methyl sites for hydroxylation is 1. The number of nitrogens with two attached hydrogens (primary N) is 1. The van der Waals surface area contributed by atoms with Crippen LogP contribution < -0.4 is 5.73 Å². The van der Waals surface area contributed by atoms with Crippen molar-refractivity contribution in [1.82, 2.24) is 14.8 Å². The number of hydrogen-bond donors (Lipinski definition) is 1. The van der Waals surface area contributed by atoms with Crippen molar-refractivity contribution in [3.8, 4) is 10.7 Å². The van der Waals surface area contributed by atoms with Crippen LogP contribution in [0.4, 0.5) is 0 Å². The summed E-state index contributed by atoms with van der Waals surface area (Å²) in [5.74, 6) is 0. The molecule has 0 aliphatic carbocycles. The average molecular weight is 273 g/mol. The van der Waals surface area contributed by atoms with E-state index in [0.717, 1.165) is 20.9 Å². The highest BCUT2D eigenvalue weighted by Gasteiger charge is 2.12. The van der Waals surface area contributed by atoms with Crippen LogP contribution in [0, 0.1) is 0 Å². The monoisotopic (exact) mass is 272 g/mol. The summed E-state index contributed by atoms with van der Waals surface area (Å²) in [6.07, 6.45) is 1.76. The lowest BCUT2D eigenvalue weighted by Crippen LogP contribution is -1.97. The number of nitrogens with zero attached hydrogens (tertiary/aromatic N) is 3. The van der Waals surface area contributed by atoms with Crippen molar-refractivity contribution in [2.24, 2.45) is 12.8 Å². The first-order valence-electron chi connectivity index (χ1n) is 4.04. The Morgan fingerprint density at radius 3 is 2.93 bits per heavy atom. The molecule has 2 aromatic rings. The quantitative estimate of drug-likeness (QED) is 0.907. The van der Waals surface area contributed by atoms with Crippen LogP contribution in [0.3, 0.4) is 0 Å². The minimum atomic E-state index is 0.478. The second kappa shape index (κ2) is 3.80. The molecular weight excluding hydrogens is 264 g/mol. The minimum Gasteiger partial charge on any atom is -0.325 e. The van der Waals surface area contributed by atoms with E-state index in [1.54, 1.807) is 22.2 Å². The van der Waals surface area contributed by atoms with Crippen LogP contribution >= 0.6 is 27.3 Å². The van der Waals surface area contributed by atoms with Crippen molar-refractivity contribution in [1.29, 1.82) is 0 Å². The molecule has 0 fully saturated rings. The van der Waals surface area contributed by atoms with Crippen molar-refractivity contribution >= 4 is 27.3 Å². The maximum Gasteiger partial charge on any atom is 0.143 e. The predicted molar refractivity (Wildman–Crippen MR) is 59.9 cm³/mol. The molecule has 0 radical (unpaired) electrons. The summed E-state index contributed by atoms with van der Waals surface area (Å²) >= 11 is 5.02. The SMILES string of the molecule is Cn1ncc(Br)c1-c1nc(CN)cs1. The summed E-state index contributed by atoms with van der Waals surface area (Å²) < 4.78 is 2.75. The molecule has 0 atom stereocenters. The fraction of sp³-hybridized carbons (Fsp3) is 0.250. The van der Waals surface area contributed by atoms with Gasteiger partial charge in [-0.1, -0.05) is 0 Å². The highest BCUT2D eigenvalue weighted by molar-refractivity contribution is 9.10. The van der Waals surface area contributed by atoms with Crippen molar-refractivity contribution in [2.45, 2.75) is 6.54 Å². The molecular formula is C8H9BrN4S. The number of aromatic nitrogens is 3. The molecule has 0 aliphatic heterocycles. The van der Waals surface area contributed by atoms with Crippen LogP contribution in [-0.4, -0.2) is 14.8 Å². The molecule has 2 aromatic heterocycles. The third-order valence-corrected chi connectivity index (χ3v) is 3.34. The van der Waals surface area contributed by atoms with E-state index in [-0.39, 0.29) is 0 Å². The Labute approximate surface area is 93.9 Å². The normalized spacial score (nSPS) is 10.8. The Kier molecular flexibility index (Phi) is 2.66. The zero-order chi connectivity index (χ0) is 10.1. The predicted octanol–water partition coefficient (Wildman–Crippen LogP) is 1.76. The Bertz CT molecular complexity index is 428. The third-order valence-electron chi connectivity index (χ3n) is 1.86. The summed E-state index contributed by atoms with van der Waals surface area (Å²) in [7, 11) is 1.89. The summed E-state index contributed by atoms with van der Waals surface area (Å²) in [5.41, 5.74) is 7.41. The number of hydrogen-bond acceptors (Lipinski definition) is 4.